The van der Waals surface area contributed by atoms with E-state index in [-0.39, 0.29) is 0 Å². The fourth-order valence-corrected chi connectivity index (χ4v) is 6.80. The van der Waals surface area contributed by atoms with Crippen LogP contribution in [-0.2, 0) is 0 Å². The highest BCUT2D eigenvalue weighted by molar-refractivity contribution is 6.16. The predicted molar refractivity (Wildman–Crippen MR) is 180 cm³/mol. The summed E-state index contributed by atoms with van der Waals surface area (Å²) in [7, 11) is 0. The molecule has 0 atom stereocenters. The molecule has 0 aliphatic rings. The maximum Gasteiger partial charge on any atom is 0.0549 e. The topological polar surface area (TPSA) is 9.86 Å². The zero-order valence-electron chi connectivity index (χ0n) is 24.4. The highest BCUT2D eigenvalue weighted by Crippen LogP contribution is 2.40. The average Bonchev–Trinajstić information content (AvgIpc) is 3.48. The summed E-state index contributed by atoms with van der Waals surface area (Å²) in [6.45, 7) is 8.73. The van der Waals surface area contributed by atoms with E-state index in [9.17, 15) is 0 Å². The minimum atomic E-state index is 1.18. The van der Waals surface area contributed by atoms with E-state index in [1.165, 1.54) is 88.4 Å². The van der Waals surface area contributed by atoms with Gasteiger partial charge in [0.15, 0.2) is 0 Å². The van der Waals surface area contributed by atoms with E-state index in [2.05, 4.69) is 158 Å². The van der Waals surface area contributed by atoms with Gasteiger partial charge in [-0.1, -0.05) is 71.8 Å². The lowest BCUT2D eigenvalue weighted by atomic mass is 9.97. The van der Waals surface area contributed by atoms with Gasteiger partial charge in [-0.15, -0.1) is 0 Å². The number of hydrogen-bond donors (Lipinski definition) is 0. The van der Waals surface area contributed by atoms with Crippen LogP contribution in [0.3, 0.4) is 0 Å². The number of fused-ring (bicyclic) bond motifs is 6. The Hall–Kier alpha value is -5.08. The summed E-state index contributed by atoms with van der Waals surface area (Å²) in [4.78, 5) is 0. The second kappa shape index (κ2) is 9.22. The molecule has 2 nitrogen and oxygen atoms in total. The van der Waals surface area contributed by atoms with Crippen molar-refractivity contribution < 1.29 is 0 Å². The first-order chi connectivity index (χ1) is 20.5. The third-order valence-corrected chi connectivity index (χ3v) is 8.69. The van der Waals surface area contributed by atoms with Crippen LogP contribution in [0.4, 0.5) is 0 Å². The van der Waals surface area contributed by atoms with Gasteiger partial charge in [-0.3, -0.25) is 0 Å². The SMILES string of the molecule is Cc1ccc2c(c1)c1cc(C)ccc1n2-c1ccc(-c2cc(C)cc3c2c2ccc(C)cc2n3-c2ccccc2)cc1. The molecule has 2 heteroatoms. The number of rotatable bonds is 3. The van der Waals surface area contributed by atoms with E-state index >= 15 is 0 Å². The van der Waals surface area contributed by atoms with Crippen molar-refractivity contribution in [2.45, 2.75) is 27.7 Å². The molecule has 202 valence electrons. The highest BCUT2D eigenvalue weighted by Gasteiger charge is 2.18. The second-order valence-corrected chi connectivity index (χ2v) is 11.8. The first-order valence-corrected chi connectivity index (χ1v) is 14.7. The van der Waals surface area contributed by atoms with Crippen LogP contribution in [0.5, 0.6) is 0 Å². The molecule has 0 spiro atoms. The van der Waals surface area contributed by atoms with E-state index in [0.29, 0.717) is 0 Å². The quantitative estimate of drug-likeness (QED) is 0.211. The number of benzene rings is 6. The first kappa shape index (κ1) is 24.7. The van der Waals surface area contributed by atoms with Gasteiger partial charge in [0.1, 0.15) is 0 Å². The molecule has 6 aromatic carbocycles. The molecular formula is C40H32N2. The number of para-hydroxylation sites is 1. The summed E-state index contributed by atoms with van der Waals surface area (Å²) in [6, 6.07) is 45.0. The molecule has 0 saturated heterocycles. The molecule has 0 aliphatic heterocycles. The Morgan fingerprint density at radius 1 is 0.381 bits per heavy atom. The molecule has 0 unspecified atom stereocenters. The molecule has 42 heavy (non-hydrogen) atoms. The van der Waals surface area contributed by atoms with Gasteiger partial charge in [-0.05, 0) is 111 Å². The Morgan fingerprint density at radius 3 is 1.60 bits per heavy atom. The Bertz CT molecular complexity index is 2250. The minimum Gasteiger partial charge on any atom is -0.309 e. The van der Waals surface area contributed by atoms with Crippen molar-refractivity contribution in [3.63, 3.8) is 0 Å². The molecule has 2 aromatic heterocycles. The molecular weight excluding hydrogens is 508 g/mol. The standard InChI is InChI=1S/C40H32N2/c1-25-11-18-36-34(20-25)35-21-26(2)12-19-37(35)41(36)31-15-13-29(14-16-31)33-22-28(4)24-39-40(33)32-17-10-27(3)23-38(32)42(39)30-8-6-5-7-9-30/h5-24H,1-4H3. The van der Waals surface area contributed by atoms with E-state index in [1.54, 1.807) is 0 Å². The van der Waals surface area contributed by atoms with Crippen LogP contribution in [0.15, 0.2) is 121 Å². The Balaban J connectivity index is 1.36. The van der Waals surface area contributed by atoms with Crippen molar-refractivity contribution >= 4 is 43.6 Å². The molecule has 0 aliphatic carbocycles. The van der Waals surface area contributed by atoms with Gasteiger partial charge in [-0.25, -0.2) is 0 Å². The number of aromatic nitrogens is 2. The first-order valence-electron chi connectivity index (χ1n) is 14.7. The normalized spacial score (nSPS) is 11.8. The largest absolute Gasteiger partial charge is 0.309 e. The summed E-state index contributed by atoms with van der Waals surface area (Å²) in [5.74, 6) is 0. The maximum absolute atomic E-state index is 2.42. The third kappa shape index (κ3) is 3.72. The van der Waals surface area contributed by atoms with Crippen molar-refractivity contribution in [3.05, 3.63) is 144 Å². The predicted octanol–water partition coefficient (Wildman–Crippen LogP) is 10.8. The van der Waals surface area contributed by atoms with Crippen LogP contribution in [0.25, 0.3) is 66.1 Å². The fourth-order valence-electron chi connectivity index (χ4n) is 6.80. The van der Waals surface area contributed by atoms with Crippen molar-refractivity contribution in [2.24, 2.45) is 0 Å². The van der Waals surface area contributed by atoms with E-state index in [4.69, 9.17) is 0 Å². The van der Waals surface area contributed by atoms with E-state index in [0.717, 1.165) is 0 Å². The molecule has 0 saturated carbocycles. The Labute approximate surface area is 246 Å². The Morgan fingerprint density at radius 2 is 0.929 bits per heavy atom. The monoisotopic (exact) mass is 540 g/mol. The van der Waals surface area contributed by atoms with Gasteiger partial charge >= 0.3 is 0 Å². The van der Waals surface area contributed by atoms with Crippen molar-refractivity contribution in [3.8, 4) is 22.5 Å². The summed E-state index contributed by atoms with van der Waals surface area (Å²) >= 11 is 0. The van der Waals surface area contributed by atoms with Gasteiger partial charge in [0.05, 0.1) is 22.1 Å². The maximum atomic E-state index is 2.42. The number of nitrogens with zero attached hydrogens (tertiary/aromatic N) is 2. The van der Waals surface area contributed by atoms with Gasteiger partial charge < -0.3 is 9.13 Å². The van der Waals surface area contributed by atoms with Crippen LogP contribution in [-0.4, -0.2) is 9.13 Å². The minimum absolute atomic E-state index is 1.18. The third-order valence-electron chi connectivity index (χ3n) is 8.69. The van der Waals surface area contributed by atoms with Gasteiger partial charge in [0.25, 0.3) is 0 Å². The smallest absolute Gasteiger partial charge is 0.0549 e. The fraction of sp³-hybridized carbons (Fsp3) is 0.100. The van der Waals surface area contributed by atoms with Crippen LogP contribution in [0.2, 0.25) is 0 Å². The molecule has 2 heterocycles. The molecule has 0 fully saturated rings. The average molecular weight is 541 g/mol. The molecule has 0 radical (unpaired) electrons. The van der Waals surface area contributed by atoms with Crippen LogP contribution in [0, 0.1) is 27.7 Å². The molecule has 0 N–H and O–H groups in total. The second-order valence-electron chi connectivity index (χ2n) is 11.8. The van der Waals surface area contributed by atoms with Gasteiger partial charge in [0, 0.05) is 32.9 Å². The highest BCUT2D eigenvalue weighted by atomic mass is 15.0. The van der Waals surface area contributed by atoms with Gasteiger partial charge in [-0.2, -0.15) is 0 Å². The lowest BCUT2D eigenvalue weighted by Crippen LogP contribution is -1.95. The zero-order chi connectivity index (χ0) is 28.5. The lowest BCUT2D eigenvalue weighted by Gasteiger charge is -2.12. The summed E-state index contributed by atoms with van der Waals surface area (Å²) < 4.78 is 4.83. The zero-order valence-corrected chi connectivity index (χ0v) is 24.4. The van der Waals surface area contributed by atoms with Crippen molar-refractivity contribution in [1.82, 2.24) is 9.13 Å². The van der Waals surface area contributed by atoms with Crippen LogP contribution >= 0.6 is 0 Å². The molecule has 0 bridgehead atoms. The summed E-state index contributed by atoms with van der Waals surface area (Å²) in [5.41, 5.74) is 14.9. The molecule has 0 amide bonds. The van der Waals surface area contributed by atoms with E-state index in [1.807, 2.05) is 0 Å². The van der Waals surface area contributed by atoms with Crippen molar-refractivity contribution in [1.29, 1.82) is 0 Å². The molecule has 8 rings (SSSR count). The number of aryl methyl sites for hydroxylation is 4. The van der Waals surface area contributed by atoms with Crippen LogP contribution in [0.1, 0.15) is 22.3 Å². The van der Waals surface area contributed by atoms with Crippen LogP contribution < -0.4 is 0 Å². The Kier molecular flexibility index (Phi) is 5.42. The summed E-state index contributed by atoms with van der Waals surface area (Å²) in [5, 5.41) is 5.20. The van der Waals surface area contributed by atoms with Gasteiger partial charge in [0.2, 0.25) is 0 Å². The molecule has 8 aromatic rings. The van der Waals surface area contributed by atoms with Crippen molar-refractivity contribution in [2.75, 3.05) is 0 Å². The summed E-state index contributed by atoms with van der Waals surface area (Å²) in [6.07, 6.45) is 0. The lowest BCUT2D eigenvalue weighted by molar-refractivity contribution is 1.17. The number of hydrogen-bond acceptors (Lipinski definition) is 0. The van der Waals surface area contributed by atoms with E-state index < -0.39 is 0 Å².